The van der Waals surface area contributed by atoms with Gasteiger partial charge < -0.3 is 4.90 Å². The summed E-state index contributed by atoms with van der Waals surface area (Å²) in [6.07, 6.45) is 9.01. The van der Waals surface area contributed by atoms with E-state index in [1.165, 1.54) is 117 Å². The molecule has 0 fully saturated rings. The summed E-state index contributed by atoms with van der Waals surface area (Å²) >= 11 is 0. The van der Waals surface area contributed by atoms with Gasteiger partial charge in [-0.3, -0.25) is 0 Å². The molecule has 0 spiro atoms. The second-order valence-electron chi connectivity index (χ2n) is 19.3. The average molecular weight is 772 g/mol. The predicted octanol–water partition coefficient (Wildman–Crippen LogP) is 16.1. The molecular formula is C59H49N. The van der Waals surface area contributed by atoms with E-state index in [9.17, 15) is 0 Å². The van der Waals surface area contributed by atoms with Crippen LogP contribution in [0.1, 0.15) is 93.3 Å². The van der Waals surface area contributed by atoms with Gasteiger partial charge in [0, 0.05) is 16.2 Å². The Morgan fingerprint density at radius 3 is 1.25 bits per heavy atom. The van der Waals surface area contributed by atoms with Gasteiger partial charge in [-0.25, -0.2) is 0 Å². The largest absolute Gasteiger partial charge is 0.309 e. The first-order valence-corrected chi connectivity index (χ1v) is 21.8. The molecule has 8 aromatic rings. The lowest BCUT2D eigenvalue weighted by Crippen LogP contribution is -2.43. The second-order valence-corrected chi connectivity index (χ2v) is 19.3. The molecule has 1 aliphatic carbocycles. The summed E-state index contributed by atoms with van der Waals surface area (Å²) < 4.78 is 0. The van der Waals surface area contributed by atoms with Crippen molar-refractivity contribution >= 4 is 44.2 Å². The summed E-state index contributed by atoms with van der Waals surface area (Å²) in [5.41, 5.74) is 22.3. The number of para-hydroxylation sites is 1. The summed E-state index contributed by atoms with van der Waals surface area (Å²) in [6, 6.07) is 55.8. The molecule has 60 heavy (non-hydrogen) atoms. The monoisotopic (exact) mass is 771 g/mol. The number of fused-ring (bicyclic) bond motifs is 2. The van der Waals surface area contributed by atoms with E-state index in [1.54, 1.807) is 0 Å². The third kappa shape index (κ3) is 4.81. The van der Waals surface area contributed by atoms with Crippen LogP contribution >= 0.6 is 0 Å². The molecule has 0 unspecified atom stereocenters. The van der Waals surface area contributed by atoms with Gasteiger partial charge in [-0.1, -0.05) is 157 Å². The van der Waals surface area contributed by atoms with Gasteiger partial charge in [-0.2, -0.15) is 0 Å². The van der Waals surface area contributed by atoms with E-state index in [0.717, 1.165) is 12.8 Å². The summed E-state index contributed by atoms with van der Waals surface area (Å²) in [6.45, 7) is 14.8. The Kier molecular flexibility index (Phi) is 7.28. The van der Waals surface area contributed by atoms with Crippen molar-refractivity contribution in [2.45, 2.75) is 70.6 Å². The van der Waals surface area contributed by atoms with Gasteiger partial charge in [0.15, 0.2) is 0 Å². The molecule has 0 bridgehead atoms. The van der Waals surface area contributed by atoms with Crippen molar-refractivity contribution in [2.24, 2.45) is 0 Å². The van der Waals surface area contributed by atoms with Crippen LogP contribution in [0.4, 0.5) is 17.1 Å². The number of nitrogens with zero attached hydrogens (tertiary/aromatic N) is 1. The molecule has 1 heteroatoms. The number of allylic oxidation sites excluding steroid dienone is 4. The molecule has 8 aromatic carbocycles. The number of anilines is 3. The lowest BCUT2D eigenvalue weighted by Gasteiger charge is -2.55. The minimum atomic E-state index is -0.305. The molecule has 4 aliphatic rings. The van der Waals surface area contributed by atoms with Gasteiger partial charge in [0.1, 0.15) is 0 Å². The first-order chi connectivity index (χ1) is 29.0. The maximum absolute atomic E-state index is 2.71. The molecular weight excluding hydrogens is 723 g/mol. The minimum absolute atomic E-state index is 0.220. The Labute approximate surface area is 354 Å². The van der Waals surface area contributed by atoms with E-state index >= 15 is 0 Å². The molecule has 3 aliphatic heterocycles. The van der Waals surface area contributed by atoms with E-state index < -0.39 is 0 Å². The van der Waals surface area contributed by atoms with Crippen molar-refractivity contribution in [1.82, 2.24) is 0 Å². The first kappa shape index (κ1) is 35.5. The summed E-state index contributed by atoms with van der Waals surface area (Å²) in [7, 11) is 0. The molecule has 0 saturated heterocycles. The van der Waals surface area contributed by atoms with Crippen LogP contribution in [-0.2, 0) is 16.2 Å². The van der Waals surface area contributed by atoms with Crippen LogP contribution in [0, 0.1) is 0 Å². The third-order valence-electron chi connectivity index (χ3n) is 14.8. The van der Waals surface area contributed by atoms with Crippen LogP contribution in [0.2, 0.25) is 0 Å². The summed E-state index contributed by atoms with van der Waals surface area (Å²) in [5, 5.41) is 5.10. The van der Waals surface area contributed by atoms with E-state index in [4.69, 9.17) is 0 Å². The van der Waals surface area contributed by atoms with Gasteiger partial charge >= 0.3 is 0 Å². The van der Waals surface area contributed by atoms with Crippen LogP contribution < -0.4 is 4.90 Å². The van der Waals surface area contributed by atoms with E-state index in [0.29, 0.717) is 0 Å². The van der Waals surface area contributed by atoms with Gasteiger partial charge in [0.2, 0.25) is 0 Å². The van der Waals surface area contributed by atoms with Crippen LogP contribution in [-0.4, -0.2) is 0 Å². The zero-order valence-corrected chi connectivity index (χ0v) is 35.4. The zero-order chi connectivity index (χ0) is 40.7. The van der Waals surface area contributed by atoms with Crippen molar-refractivity contribution in [3.05, 3.63) is 203 Å². The Bertz CT molecular complexity index is 3220. The molecule has 1 nitrogen and oxygen atoms in total. The van der Waals surface area contributed by atoms with Crippen molar-refractivity contribution in [3.8, 4) is 33.4 Å². The maximum atomic E-state index is 2.71. The number of hydrogen-bond donors (Lipinski definition) is 0. The topological polar surface area (TPSA) is 3.24 Å². The van der Waals surface area contributed by atoms with Crippen LogP contribution in [0.3, 0.4) is 0 Å². The SMILES string of the molecule is CC1(C)c2cccc3c2N2c4c1cc(-c1cc5ccccc5cc1C1=CC=CCC1)cc4C(C)(C)c1cc(-c4cc5ccccc5cc4-c4ccccc4)cc(c12)C3(C)C. The quantitative estimate of drug-likeness (QED) is 0.172. The van der Waals surface area contributed by atoms with Crippen LogP contribution in [0.15, 0.2) is 164 Å². The van der Waals surface area contributed by atoms with Crippen molar-refractivity contribution in [3.63, 3.8) is 0 Å². The third-order valence-corrected chi connectivity index (χ3v) is 14.8. The molecule has 290 valence electrons. The first-order valence-electron chi connectivity index (χ1n) is 21.8. The lowest BCUT2D eigenvalue weighted by atomic mass is 9.60. The molecule has 0 amide bonds. The molecule has 12 rings (SSSR count). The Morgan fingerprint density at radius 2 is 0.783 bits per heavy atom. The van der Waals surface area contributed by atoms with Gasteiger partial charge in [-0.15, -0.1) is 0 Å². The summed E-state index contributed by atoms with van der Waals surface area (Å²) in [5.74, 6) is 0. The highest BCUT2D eigenvalue weighted by molar-refractivity contribution is 6.03. The van der Waals surface area contributed by atoms with Gasteiger partial charge in [-0.05, 0) is 161 Å². The van der Waals surface area contributed by atoms with Gasteiger partial charge in [0.05, 0.1) is 17.1 Å². The Balaban J connectivity index is 1.18. The maximum Gasteiger partial charge on any atom is 0.0544 e. The molecule has 0 saturated carbocycles. The molecule has 0 radical (unpaired) electrons. The molecule has 0 atom stereocenters. The summed E-state index contributed by atoms with van der Waals surface area (Å²) in [4.78, 5) is 2.71. The number of hydrogen-bond acceptors (Lipinski definition) is 1. The molecule has 3 heterocycles. The lowest BCUT2D eigenvalue weighted by molar-refractivity contribution is 0.567. The van der Waals surface area contributed by atoms with Crippen molar-refractivity contribution < 1.29 is 0 Å². The Hall–Kier alpha value is -6.44. The van der Waals surface area contributed by atoms with Gasteiger partial charge in [0.25, 0.3) is 0 Å². The van der Waals surface area contributed by atoms with E-state index in [2.05, 4.69) is 210 Å². The van der Waals surface area contributed by atoms with E-state index in [1.807, 2.05) is 0 Å². The minimum Gasteiger partial charge on any atom is -0.309 e. The van der Waals surface area contributed by atoms with Crippen molar-refractivity contribution in [2.75, 3.05) is 4.90 Å². The fraction of sp³-hybridized carbons (Fsp3) is 0.186. The Morgan fingerprint density at radius 1 is 0.383 bits per heavy atom. The van der Waals surface area contributed by atoms with Crippen LogP contribution in [0.25, 0.3) is 60.5 Å². The van der Waals surface area contributed by atoms with Crippen molar-refractivity contribution in [1.29, 1.82) is 0 Å². The van der Waals surface area contributed by atoms with E-state index in [-0.39, 0.29) is 16.2 Å². The average Bonchev–Trinajstić information content (AvgIpc) is 3.27. The highest BCUT2D eigenvalue weighted by Gasteiger charge is 2.52. The van der Waals surface area contributed by atoms with Crippen LogP contribution in [0.5, 0.6) is 0 Å². The standard InChI is InChI=1S/C59H49N/c1-57(2)48-26-17-27-49-54(48)60-55-50(57)32-42(46-30-40-24-15-13-22-38(40)28-44(46)36-18-9-7-10-19-36)34-52(55)59(5,6)53-35-43(33-51(56(53)60)58(49,3)4)47-31-41-25-16-14-23-39(41)29-45(47)37-20-11-8-12-21-37/h7-11,13-20,22-35H,12,21H2,1-6H3. The predicted molar refractivity (Wildman–Crippen MR) is 255 cm³/mol. The molecule has 0 aromatic heterocycles. The fourth-order valence-corrected chi connectivity index (χ4v) is 11.4. The zero-order valence-electron chi connectivity index (χ0n) is 35.4. The fourth-order valence-electron chi connectivity index (χ4n) is 11.4. The molecule has 0 N–H and O–H groups in total. The highest BCUT2D eigenvalue weighted by atomic mass is 15.2. The normalized spacial score (nSPS) is 17.1. The highest BCUT2D eigenvalue weighted by Crippen LogP contribution is 2.67. The smallest absolute Gasteiger partial charge is 0.0544 e. The second kappa shape index (κ2) is 12.3. The number of benzene rings is 8. The number of rotatable bonds is 4.